The number of nitrogens with one attached hydrogen (secondary N) is 1. The van der Waals surface area contributed by atoms with Crippen LogP contribution in [0.3, 0.4) is 0 Å². The largest absolute Gasteiger partial charge is 0.550 e. The highest BCUT2D eigenvalue weighted by atomic mass is 16.5. The van der Waals surface area contributed by atoms with Crippen molar-refractivity contribution in [3.05, 3.63) is 60.7 Å². The molecular weight excluding hydrogens is 398 g/mol. The van der Waals surface area contributed by atoms with E-state index in [-0.39, 0.29) is 19.6 Å². The SMILES string of the molecule is O=C([O-])CCCCC[NH+](C[C@H](O)COc1ccccc1)C[C@H](O)COc1ccccc1. The summed E-state index contributed by atoms with van der Waals surface area (Å²) in [6.07, 6.45) is 0.776. The summed E-state index contributed by atoms with van der Waals surface area (Å²) in [5, 5.41) is 31.4. The summed E-state index contributed by atoms with van der Waals surface area (Å²) in [5.41, 5.74) is 0. The molecule has 0 aliphatic rings. The van der Waals surface area contributed by atoms with Gasteiger partial charge in [0.05, 0.1) is 6.54 Å². The summed E-state index contributed by atoms with van der Waals surface area (Å²) in [4.78, 5) is 11.6. The summed E-state index contributed by atoms with van der Waals surface area (Å²) in [5.74, 6) is 0.356. The van der Waals surface area contributed by atoms with Crippen LogP contribution in [0.2, 0.25) is 0 Å². The van der Waals surface area contributed by atoms with Gasteiger partial charge in [-0.15, -0.1) is 0 Å². The Morgan fingerprint density at radius 2 is 1.29 bits per heavy atom. The fourth-order valence-corrected chi connectivity index (χ4v) is 3.31. The Labute approximate surface area is 183 Å². The third-order valence-electron chi connectivity index (χ3n) is 4.83. The fourth-order valence-electron chi connectivity index (χ4n) is 3.31. The van der Waals surface area contributed by atoms with E-state index in [0.717, 1.165) is 17.7 Å². The normalized spacial score (nSPS) is 13.0. The molecule has 0 aromatic heterocycles. The molecular formula is C24H33NO6. The lowest BCUT2D eigenvalue weighted by Gasteiger charge is -2.25. The number of carboxylic acid groups (broad SMARTS) is 1. The number of aliphatic carboxylic acids is 1. The second-order valence-electron chi connectivity index (χ2n) is 7.65. The minimum Gasteiger partial charge on any atom is -0.550 e. The van der Waals surface area contributed by atoms with E-state index in [1.54, 1.807) is 0 Å². The zero-order chi connectivity index (χ0) is 22.3. The molecule has 2 aromatic carbocycles. The van der Waals surface area contributed by atoms with Crippen LogP contribution in [0.1, 0.15) is 25.7 Å². The summed E-state index contributed by atoms with van der Waals surface area (Å²) < 4.78 is 11.3. The molecule has 170 valence electrons. The number of unbranched alkanes of at least 4 members (excludes halogenated alkanes) is 2. The number of aliphatic hydroxyl groups excluding tert-OH is 2. The number of carboxylic acids is 1. The molecule has 0 saturated heterocycles. The van der Waals surface area contributed by atoms with Gasteiger partial charge in [-0.2, -0.15) is 0 Å². The van der Waals surface area contributed by atoms with Crippen molar-refractivity contribution < 1.29 is 34.5 Å². The first-order valence-corrected chi connectivity index (χ1v) is 10.8. The Balaban J connectivity index is 1.79. The van der Waals surface area contributed by atoms with Crippen LogP contribution in [0.25, 0.3) is 0 Å². The number of para-hydroxylation sites is 2. The zero-order valence-corrected chi connectivity index (χ0v) is 17.8. The minimum atomic E-state index is -1.04. The molecule has 0 spiro atoms. The summed E-state index contributed by atoms with van der Waals surface area (Å²) in [6, 6.07) is 18.6. The average Bonchev–Trinajstić information content (AvgIpc) is 2.77. The molecule has 3 N–H and O–H groups in total. The van der Waals surface area contributed by atoms with E-state index in [0.29, 0.717) is 37.6 Å². The van der Waals surface area contributed by atoms with E-state index in [9.17, 15) is 20.1 Å². The number of aliphatic hydroxyl groups is 2. The molecule has 0 amide bonds. The van der Waals surface area contributed by atoms with Gasteiger partial charge in [-0.05, 0) is 49.9 Å². The number of carbonyl (C=O) groups excluding carboxylic acids is 1. The average molecular weight is 432 g/mol. The van der Waals surface area contributed by atoms with Crippen molar-refractivity contribution in [1.82, 2.24) is 0 Å². The Morgan fingerprint density at radius 1 is 0.806 bits per heavy atom. The first-order valence-electron chi connectivity index (χ1n) is 10.8. The fraction of sp³-hybridized carbons (Fsp3) is 0.458. The first-order chi connectivity index (χ1) is 15.0. The molecule has 0 saturated carbocycles. The molecule has 0 bridgehead atoms. The Morgan fingerprint density at radius 3 is 1.74 bits per heavy atom. The molecule has 0 aliphatic heterocycles. The molecule has 31 heavy (non-hydrogen) atoms. The highest BCUT2D eigenvalue weighted by molar-refractivity contribution is 5.64. The van der Waals surface area contributed by atoms with Gasteiger partial charge < -0.3 is 34.5 Å². The maximum atomic E-state index is 10.6. The molecule has 0 aliphatic carbocycles. The van der Waals surface area contributed by atoms with Gasteiger partial charge in [-0.3, -0.25) is 0 Å². The maximum absolute atomic E-state index is 10.6. The van der Waals surface area contributed by atoms with E-state index in [4.69, 9.17) is 9.47 Å². The summed E-state index contributed by atoms with van der Waals surface area (Å²) in [7, 11) is 0. The Hall–Kier alpha value is -2.61. The van der Waals surface area contributed by atoms with Crippen molar-refractivity contribution in [1.29, 1.82) is 0 Å². The lowest BCUT2D eigenvalue weighted by Crippen LogP contribution is -3.14. The van der Waals surface area contributed by atoms with Gasteiger partial charge >= 0.3 is 0 Å². The minimum absolute atomic E-state index is 0.0520. The van der Waals surface area contributed by atoms with Crippen molar-refractivity contribution in [3.8, 4) is 11.5 Å². The maximum Gasteiger partial charge on any atom is 0.137 e. The number of hydrogen-bond donors (Lipinski definition) is 3. The number of ether oxygens (including phenoxy) is 2. The zero-order valence-electron chi connectivity index (χ0n) is 17.8. The van der Waals surface area contributed by atoms with Crippen LogP contribution in [0.4, 0.5) is 0 Å². The highest BCUT2D eigenvalue weighted by Crippen LogP contribution is 2.09. The number of hydrogen-bond acceptors (Lipinski definition) is 6. The van der Waals surface area contributed by atoms with Gasteiger partial charge in [-0.1, -0.05) is 36.4 Å². The Bertz CT molecular complexity index is 676. The molecule has 7 nitrogen and oxygen atoms in total. The smallest absolute Gasteiger partial charge is 0.137 e. The second kappa shape index (κ2) is 14.4. The van der Waals surface area contributed by atoms with Crippen molar-refractivity contribution in [2.45, 2.75) is 37.9 Å². The van der Waals surface area contributed by atoms with Crippen molar-refractivity contribution >= 4 is 5.97 Å². The third kappa shape index (κ3) is 11.4. The molecule has 0 heterocycles. The van der Waals surface area contributed by atoms with Gasteiger partial charge in [0.15, 0.2) is 0 Å². The third-order valence-corrected chi connectivity index (χ3v) is 4.83. The predicted octanol–water partition coefficient (Wildman–Crippen LogP) is 0.0614. The monoisotopic (exact) mass is 431 g/mol. The Kier molecular flexibility index (Phi) is 11.5. The predicted molar refractivity (Wildman–Crippen MR) is 115 cm³/mol. The van der Waals surface area contributed by atoms with Crippen LogP contribution >= 0.6 is 0 Å². The topological polar surface area (TPSA) is 103 Å². The van der Waals surface area contributed by atoms with Gasteiger partial charge in [0.2, 0.25) is 0 Å². The molecule has 0 radical (unpaired) electrons. The van der Waals surface area contributed by atoms with Gasteiger partial charge in [0.1, 0.15) is 50.0 Å². The van der Waals surface area contributed by atoms with Crippen LogP contribution < -0.4 is 19.5 Å². The second-order valence-corrected chi connectivity index (χ2v) is 7.65. The summed E-state index contributed by atoms with van der Waals surface area (Å²) in [6.45, 7) is 1.85. The van der Waals surface area contributed by atoms with E-state index >= 15 is 0 Å². The lowest BCUT2D eigenvalue weighted by molar-refractivity contribution is -0.906. The number of quaternary nitrogens is 1. The van der Waals surface area contributed by atoms with Crippen LogP contribution in [0.15, 0.2) is 60.7 Å². The standard InChI is InChI=1S/C24H33NO6/c26-20(18-30-22-10-4-1-5-11-22)16-25(15-9-3-8-14-24(28)29)17-21(27)19-31-23-12-6-2-7-13-23/h1-2,4-7,10-13,20-21,26-27H,3,8-9,14-19H2,(H,28,29)/t20-,21-/m0/s1. The molecule has 2 rings (SSSR count). The molecule has 2 aromatic rings. The summed E-state index contributed by atoms with van der Waals surface area (Å²) >= 11 is 0. The van der Waals surface area contributed by atoms with Crippen molar-refractivity contribution in [3.63, 3.8) is 0 Å². The molecule has 2 atom stereocenters. The van der Waals surface area contributed by atoms with Gasteiger partial charge in [0, 0.05) is 5.97 Å². The van der Waals surface area contributed by atoms with E-state index in [1.165, 1.54) is 0 Å². The quantitative estimate of drug-likeness (QED) is 0.325. The molecule has 7 heteroatoms. The van der Waals surface area contributed by atoms with Crippen LogP contribution in [-0.2, 0) is 4.79 Å². The highest BCUT2D eigenvalue weighted by Gasteiger charge is 2.20. The molecule has 0 fully saturated rings. The number of carbonyl (C=O) groups is 1. The first kappa shape index (κ1) is 24.7. The number of rotatable bonds is 16. The van der Waals surface area contributed by atoms with E-state index < -0.39 is 18.2 Å². The lowest BCUT2D eigenvalue weighted by atomic mass is 10.1. The van der Waals surface area contributed by atoms with E-state index in [2.05, 4.69) is 0 Å². The van der Waals surface area contributed by atoms with Crippen LogP contribution in [0.5, 0.6) is 11.5 Å². The van der Waals surface area contributed by atoms with Crippen LogP contribution in [-0.4, -0.2) is 61.2 Å². The number of benzene rings is 2. The van der Waals surface area contributed by atoms with E-state index in [1.807, 2.05) is 60.7 Å². The molecule has 0 unspecified atom stereocenters. The van der Waals surface area contributed by atoms with Crippen molar-refractivity contribution in [2.75, 3.05) is 32.8 Å². The van der Waals surface area contributed by atoms with Gasteiger partial charge in [0.25, 0.3) is 0 Å². The van der Waals surface area contributed by atoms with Crippen molar-refractivity contribution in [2.24, 2.45) is 0 Å². The van der Waals surface area contributed by atoms with Crippen LogP contribution in [0, 0.1) is 0 Å². The van der Waals surface area contributed by atoms with Gasteiger partial charge in [-0.25, -0.2) is 0 Å².